The van der Waals surface area contributed by atoms with Gasteiger partial charge < -0.3 is 19.7 Å². The summed E-state index contributed by atoms with van der Waals surface area (Å²) in [5, 5.41) is 18.3. The van der Waals surface area contributed by atoms with Gasteiger partial charge in [-0.2, -0.15) is 0 Å². The van der Waals surface area contributed by atoms with Crippen molar-refractivity contribution >= 4 is 0 Å². The predicted molar refractivity (Wildman–Crippen MR) is 283 cm³/mol. The molecule has 0 amide bonds. The molecule has 0 radical (unpaired) electrons. The van der Waals surface area contributed by atoms with Crippen LogP contribution < -0.4 is 9.47 Å². The number of aliphatic hydroxyl groups is 2. The summed E-state index contributed by atoms with van der Waals surface area (Å²) in [5.74, 6) is 29.4. The molecule has 0 unspecified atom stereocenters. The Hall–Kier alpha value is -6.14. The van der Waals surface area contributed by atoms with Crippen LogP contribution in [0, 0.1) is 75.1 Å². The van der Waals surface area contributed by atoms with E-state index in [0.717, 1.165) is 86.5 Å². The molecule has 0 aliphatic rings. The molecule has 5 rings (SSSR count). The molecule has 68 heavy (non-hydrogen) atoms. The Morgan fingerprint density at radius 2 is 0.500 bits per heavy atom. The number of hydrogen-bond acceptors (Lipinski definition) is 4. The zero-order valence-corrected chi connectivity index (χ0v) is 41.5. The number of aliphatic hydroxyl groups excluding tert-OH is 2. The Balaban J connectivity index is 1.66. The van der Waals surface area contributed by atoms with Gasteiger partial charge in [-0.1, -0.05) is 208 Å². The molecule has 0 spiro atoms. The normalized spacial score (nSPS) is 10.4. The summed E-state index contributed by atoms with van der Waals surface area (Å²) in [6.07, 6.45) is 19.8. The van der Waals surface area contributed by atoms with Crippen LogP contribution >= 0.6 is 0 Å². The Labute approximate surface area is 410 Å². The van der Waals surface area contributed by atoms with Gasteiger partial charge in [-0.15, -0.1) is 0 Å². The minimum absolute atomic E-state index is 0.283. The van der Waals surface area contributed by atoms with Crippen LogP contribution in [0.3, 0.4) is 0 Å². The van der Waals surface area contributed by atoms with Crippen LogP contribution in [0.15, 0.2) is 97.1 Å². The van der Waals surface area contributed by atoms with Crippen LogP contribution in [0.25, 0.3) is 0 Å². The van der Waals surface area contributed by atoms with Gasteiger partial charge in [0.15, 0.2) is 11.5 Å². The average Bonchev–Trinajstić information content (AvgIpc) is 3.35. The van der Waals surface area contributed by atoms with Crippen LogP contribution in [0.2, 0.25) is 0 Å². The van der Waals surface area contributed by atoms with E-state index in [1.54, 1.807) is 0 Å². The van der Waals surface area contributed by atoms with Crippen molar-refractivity contribution in [3.63, 3.8) is 0 Å². The topological polar surface area (TPSA) is 58.9 Å². The third kappa shape index (κ3) is 19.2. The molecule has 354 valence electrons. The van der Waals surface area contributed by atoms with Gasteiger partial charge in [0.25, 0.3) is 0 Å². The Morgan fingerprint density at radius 3 is 0.750 bits per heavy atom. The number of unbranched alkanes of at least 4 members (excludes halogenated alkanes) is 16. The smallest absolute Gasteiger partial charge is 0.179 e. The van der Waals surface area contributed by atoms with Crippen molar-refractivity contribution in [2.24, 2.45) is 0 Å². The van der Waals surface area contributed by atoms with E-state index < -0.39 is 0 Å². The number of hydrogen-bond donors (Lipinski definition) is 2. The first kappa shape index (κ1) is 52.8. The molecule has 0 heterocycles. The molecule has 0 saturated carbocycles. The second-order valence-electron chi connectivity index (χ2n) is 18.1. The van der Waals surface area contributed by atoms with Crippen molar-refractivity contribution < 1.29 is 19.7 Å². The minimum Gasteiger partial charge on any atom is -0.488 e. The fourth-order valence-corrected chi connectivity index (χ4v) is 7.81. The lowest BCUT2D eigenvalue weighted by molar-refractivity contribution is 0.257. The molecule has 2 N–H and O–H groups in total. The second kappa shape index (κ2) is 31.0. The lowest BCUT2D eigenvalue weighted by Gasteiger charge is -2.20. The van der Waals surface area contributed by atoms with Crippen molar-refractivity contribution in [3.05, 3.63) is 164 Å². The standard InChI is InChI=1S/C64H74O4/c1-51-23-31-55(32-24-51)39-43-59-60(44-40-56-33-25-52(2)26-34-56)62(46-42-58-37-29-54(4)30-38-58)64(68-50-22-18-14-10-6-8-12-16-20-48-66)63(61(59)45-41-57-35-27-53(3)28-36-57)67-49-21-17-13-9-5-7-11-15-19-47-65/h23-38,65-66H,5-22,47-50H2,1-4H3. The first-order chi connectivity index (χ1) is 33.3. The molecule has 0 saturated heterocycles. The summed E-state index contributed by atoms with van der Waals surface area (Å²) >= 11 is 0. The highest BCUT2D eigenvalue weighted by Crippen LogP contribution is 2.41. The monoisotopic (exact) mass is 907 g/mol. The zero-order chi connectivity index (χ0) is 48.0. The van der Waals surface area contributed by atoms with Crippen molar-refractivity contribution in [2.45, 2.75) is 143 Å². The highest BCUT2D eigenvalue weighted by atomic mass is 16.5. The average molecular weight is 907 g/mol. The third-order valence-corrected chi connectivity index (χ3v) is 12.0. The van der Waals surface area contributed by atoms with E-state index >= 15 is 0 Å². The van der Waals surface area contributed by atoms with E-state index in [1.165, 1.54) is 73.6 Å². The lowest BCUT2D eigenvalue weighted by Crippen LogP contribution is -2.10. The zero-order valence-electron chi connectivity index (χ0n) is 41.5. The van der Waals surface area contributed by atoms with Crippen molar-refractivity contribution in [3.8, 4) is 58.9 Å². The highest BCUT2D eigenvalue weighted by Gasteiger charge is 2.25. The third-order valence-electron chi connectivity index (χ3n) is 12.0. The van der Waals surface area contributed by atoms with Gasteiger partial charge in [0.2, 0.25) is 0 Å². The van der Waals surface area contributed by atoms with Crippen LogP contribution in [0.4, 0.5) is 0 Å². The molecule has 0 atom stereocenters. The summed E-state index contributed by atoms with van der Waals surface area (Å²) in [6.45, 7) is 9.89. The molecule has 0 bridgehead atoms. The molecule has 0 aliphatic carbocycles. The Kier molecular flexibility index (Phi) is 24.1. The van der Waals surface area contributed by atoms with Gasteiger partial charge >= 0.3 is 0 Å². The van der Waals surface area contributed by atoms with Crippen molar-refractivity contribution in [1.29, 1.82) is 0 Å². The molecule has 0 aliphatic heterocycles. The molecular weight excluding hydrogens is 833 g/mol. The minimum atomic E-state index is 0.283. The van der Waals surface area contributed by atoms with E-state index in [-0.39, 0.29) is 13.2 Å². The van der Waals surface area contributed by atoms with Gasteiger partial charge in [-0.25, -0.2) is 0 Å². The summed E-state index contributed by atoms with van der Waals surface area (Å²) in [4.78, 5) is 0. The summed E-state index contributed by atoms with van der Waals surface area (Å²) in [5.41, 5.74) is 10.9. The van der Waals surface area contributed by atoms with Crippen LogP contribution in [-0.4, -0.2) is 36.6 Å². The predicted octanol–water partition coefficient (Wildman–Crippen LogP) is 14.3. The Morgan fingerprint density at radius 1 is 0.279 bits per heavy atom. The number of rotatable bonds is 24. The van der Waals surface area contributed by atoms with Crippen LogP contribution in [-0.2, 0) is 0 Å². The Bertz CT molecular complexity index is 2340. The van der Waals surface area contributed by atoms with E-state index in [1.807, 2.05) is 0 Å². The largest absolute Gasteiger partial charge is 0.488 e. The van der Waals surface area contributed by atoms with E-state index in [2.05, 4.69) is 172 Å². The molecule has 4 heteroatoms. The van der Waals surface area contributed by atoms with Gasteiger partial charge in [0.05, 0.1) is 35.5 Å². The molecule has 4 nitrogen and oxygen atoms in total. The van der Waals surface area contributed by atoms with Gasteiger partial charge in [0.1, 0.15) is 0 Å². The fraction of sp³-hybridized carbons (Fsp3) is 0.406. The quantitative estimate of drug-likeness (QED) is 0.0478. The van der Waals surface area contributed by atoms with Gasteiger partial charge in [-0.05, 0) is 102 Å². The number of benzene rings is 5. The molecule has 0 fully saturated rings. The highest BCUT2D eigenvalue weighted by molar-refractivity contribution is 5.77. The molecule has 5 aromatic rings. The SMILES string of the molecule is Cc1ccc(C#Cc2c(C#Cc3ccc(C)cc3)c(C#Cc3ccc(C)cc3)c(OCCCCCCCCCCCO)c(OCCCCCCCCCCCO)c2C#Cc2ccc(C)cc2)cc1. The first-order valence-corrected chi connectivity index (χ1v) is 25.4. The lowest BCUT2D eigenvalue weighted by atomic mass is 9.93. The van der Waals surface area contributed by atoms with Crippen molar-refractivity contribution in [1.82, 2.24) is 0 Å². The van der Waals surface area contributed by atoms with Gasteiger partial charge in [0, 0.05) is 35.5 Å². The maximum Gasteiger partial charge on any atom is 0.179 e. The van der Waals surface area contributed by atoms with Crippen molar-refractivity contribution in [2.75, 3.05) is 26.4 Å². The fourth-order valence-electron chi connectivity index (χ4n) is 7.81. The maximum atomic E-state index is 9.15. The van der Waals surface area contributed by atoms with E-state index in [9.17, 15) is 0 Å². The van der Waals surface area contributed by atoms with Crippen LogP contribution in [0.1, 0.15) is 182 Å². The summed E-state index contributed by atoms with van der Waals surface area (Å²) in [6, 6.07) is 33.1. The molecule has 0 aromatic heterocycles. The first-order valence-electron chi connectivity index (χ1n) is 25.4. The number of ether oxygens (including phenoxy) is 2. The summed E-state index contributed by atoms with van der Waals surface area (Å²) in [7, 11) is 0. The van der Waals surface area contributed by atoms with E-state index in [4.69, 9.17) is 19.7 Å². The van der Waals surface area contributed by atoms with Crippen LogP contribution in [0.5, 0.6) is 11.5 Å². The van der Waals surface area contributed by atoms with E-state index in [0.29, 0.717) is 47.0 Å². The maximum absolute atomic E-state index is 9.15. The molecular formula is C64H74O4. The van der Waals surface area contributed by atoms with Gasteiger partial charge in [-0.3, -0.25) is 0 Å². The second-order valence-corrected chi connectivity index (χ2v) is 18.1. The summed E-state index contributed by atoms with van der Waals surface area (Å²) < 4.78 is 14.0. The molecule has 5 aromatic carbocycles. The number of aryl methyl sites for hydroxylation is 4.